The van der Waals surface area contributed by atoms with E-state index in [9.17, 15) is 13.2 Å². The van der Waals surface area contributed by atoms with Gasteiger partial charge < -0.3 is 15.0 Å². The summed E-state index contributed by atoms with van der Waals surface area (Å²) in [6.07, 6.45) is 2.83. The Bertz CT molecular complexity index is 386. The second kappa shape index (κ2) is 5.54. The quantitative estimate of drug-likeness (QED) is 0.854. The van der Waals surface area contributed by atoms with E-state index < -0.39 is 18.4 Å². The molecular weight excluding hydrogens is 257 g/mol. The number of nitrogens with zero attached hydrogens (tertiary/aromatic N) is 1. The minimum absolute atomic E-state index is 0.326. The SMILES string of the molecule is C[C@@H]1CN(C2=CC(F)C(C)(OC(F)F)C=C2)CCN1. The standard InChI is InChI=1S/C13H19F3N2O/c1-9-8-18(6-5-17-9)10-3-4-13(2,11(14)7-10)19-12(15)16/h3-4,7,9,11-12,17H,5-6,8H2,1-2H3/t9-,11?,13?/m1/s1. The number of hydrogen-bond acceptors (Lipinski definition) is 3. The molecule has 0 amide bonds. The first-order valence-corrected chi connectivity index (χ1v) is 6.40. The smallest absolute Gasteiger partial charge is 0.346 e. The third kappa shape index (κ3) is 3.30. The van der Waals surface area contributed by atoms with E-state index in [1.165, 1.54) is 19.1 Å². The number of halogens is 3. The molecule has 108 valence electrons. The van der Waals surface area contributed by atoms with Crippen molar-refractivity contribution >= 4 is 0 Å². The van der Waals surface area contributed by atoms with E-state index >= 15 is 0 Å². The van der Waals surface area contributed by atoms with Crippen molar-refractivity contribution in [1.82, 2.24) is 10.2 Å². The van der Waals surface area contributed by atoms with E-state index in [1.807, 2.05) is 4.90 Å². The van der Waals surface area contributed by atoms with Gasteiger partial charge in [-0.15, -0.1) is 0 Å². The summed E-state index contributed by atoms with van der Waals surface area (Å²) in [6, 6.07) is 0.326. The fraction of sp³-hybridized carbons (Fsp3) is 0.692. The predicted molar refractivity (Wildman–Crippen MR) is 66.7 cm³/mol. The molecule has 1 fully saturated rings. The molecular formula is C13H19F3N2O. The van der Waals surface area contributed by atoms with Crippen LogP contribution in [0.1, 0.15) is 13.8 Å². The van der Waals surface area contributed by atoms with Gasteiger partial charge in [0, 0.05) is 31.4 Å². The summed E-state index contributed by atoms with van der Waals surface area (Å²) >= 11 is 0. The number of piperazine rings is 1. The zero-order valence-electron chi connectivity index (χ0n) is 11.1. The lowest BCUT2D eigenvalue weighted by molar-refractivity contribution is -0.199. The zero-order valence-corrected chi connectivity index (χ0v) is 11.1. The van der Waals surface area contributed by atoms with Crippen LogP contribution < -0.4 is 5.32 Å². The number of ether oxygens (including phenoxy) is 1. The molecule has 3 atom stereocenters. The molecule has 1 aliphatic carbocycles. The molecule has 6 heteroatoms. The van der Waals surface area contributed by atoms with Crippen molar-refractivity contribution in [2.75, 3.05) is 19.6 Å². The highest BCUT2D eigenvalue weighted by atomic mass is 19.3. The van der Waals surface area contributed by atoms with Crippen molar-refractivity contribution < 1.29 is 17.9 Å². The lowest BCUT2D eigenvalue weighted by atomic mass is 9.93. The number of allylic oxidation sites excluding steroid dienone is 1. The Labute approximate surface area is 111 Å². The highest BCUT2D eigenvalue weighted by Gasteiger charge is 2.38. The predicted octanol–water partition coefficient (Wildman–Crippen LogP) is 2.07. The van der Waals surface area contributed by atoms with Crippen LogP contribution in [0.15, 0.2) is 23.9 Å². The molecule has 2 unspecified atom stereocenters. The summed E-state index contributed by atoms with van der Waals surface area (Å²) in [6.45, 7) is 2.77. The summed E-state index contributed by atoms with van der Waals surface area (Å²) in [4.78, 5) is 2.05. The Hall–Kier alpha value is -1.01. The lowest BCUT2D eigenvalue weighted by Crippen LogP contribution is -2.49. The van der Waals surface area contributed by atoms with Crippen molar-refractivity contribution in [3.05, 3.63) is 23.9 Å². The number of hydrogen-bond donors (Lipinski definition) is 1. The maximum absolute atomic E-state index is 14.1. The van der Waals surface area contributed by atoms with Crippen molar-refractivity contribution in [2.24, 2.45) is 0 Å². The number of nitrogens with one attached hydrogen (secondary N) is 1. The van der Waals surface area contributed by atoms with Gasteiger partial charge in [-0.1, -0.05) is 0 Å². The molecule has 0 aromatic rings. The normalized spacial score (nSPS) is 35.7. The van der Waals surface area contributed by atoms with Gasteiger partial charge in [0.05, 0.1) is 0 Å². The van der Waals surface area contributed by atoms with Crippen molar-refractivity contribution in [1.29, 1.82) is 0 Å². The van der Waals surface area contributed by atoms with E-state index in [0.29, 0.717) is 6.04 Å². The van der Waals surface area contributed by atoms with Crippen molar-refractivity contribution in [3.63, 3.8) is 0 Å². The van der Waals surface area contributed by atoms with Crippen molar-refractivity contribution in [3.8, 4) is 0 Å². The van der Waals surface area contributed by atoms with Gasteiger partial charge in [-0.2, -0.15) is 8.78 Å². The van der Waals surface area contributed by atoms with E-state index in [2.05, 4.69) is 17.0 Å². The third-order valence-corrected chi connectivity index (χ3v) is 3.53. The fourth-order valence-corrected chi connectivity index (χ4v) is 2.39. The second-order valence-electron chi connectivity index (χ2n) is 5.19. The van der Waals surface area contributed by atoms with E-state index in [1.54, 1.807) is 6.08 Å². The summed E-state index contributed by atoms with van der Waals surface area (Å²) in [7, 11) is 0. The highest BCUT2D eigenvalue weighted by Crippen LogP contribution is 2.30. The average molecular weight is 276 g/mol. The molecule has 0 saturated carbocycles. The zero-order chi connectivity index (χ0) is 14.0. The minimum atomic E-state index is -2.98. The number of alkyl halides is 3. The minimum Gasteiger partial charge on any atom is -0.369 e. The van der Waals surface area contributed by atoms with E-state index in [4.69, 9.17) is 0 Å². The third-order valence-electron chi connectivity index (χ3n) is 3.53. The van der Waals surface area contributed by atoms with Gasteiger partial charge in [0.25, 0.3) is 0 Å². The van der Waals surface area contributed by atoms with Crippen LogP contribution in [-0.4, -0.2) is 49.0 Å². The summed E-state index contributed by atoms with van der Waals surface area (Å²) in [5.74, 6) is 0. The van der Waals surface area contributed by atoms with Gasteiger partial charge in [0.15, 0.2) is 6.17 Å². The van der Waals surface area contributed by atoms with Gasteiger partial charge in [0.1, 0.15) is 5.60 Å². The van der Waals surface area contributed by atoms with Crippen LogP contribution in [0.5, 0.6) is 0 Å². The van der Waals surface area contributed by atoms with E-state index in [0.717, 1.165) is 25.3 Å². The molecule has 0 radical (unpaired) electrons. The topological polar surface area (TPSA) is 24.5 Å². The molecule has 0 aromatic heterocycles. The first-order valence-electron chi connectivity index (χ1n) is 6.40. The van der Waals surface area contributed by atoms with Crippen LogP contribution >= 0.6 is 0 Å². The van der Waals surface area contributed by atoms with Crippen LogP contribution in [0.4, 0.5) is 13.2 Å². The van der Waals surface area contributed by atoms with Crippen LogP contribution in [0.3, 0.4) is 0 Å². The number of rotatable bonds is 3. The van der Waals surface area contributed by atoms with Gasteiger partial charge in [0.2, 0.25) is 0 Å². The Morgan fingerprint density at radius 3 is 2.84 bits per heavy atom. The fourth-order valence-electron chi connectivity index (χ4n) is 2.39. The second-order valence-corrected chi connectivity index (χ2v) is 5.19. The Balaban J connectivity index is 2.07. The van der Waals surface area contributed by atoms with Crippen molar-refractivity contribution in [2.45, 2.75) is 38.3 Å². The first-order chi connectivity index (χ1) is 8.90. The van der Waals surface area contributed by atoms with Crippen LogP contribution in [0, 0.1) is 0 Å². The van der Waals surface area contributed by atoms with Gasteiger partial charge in [-0.3, -0.25) is 0 Å². The molecule has 0 spiro atoms. The van der Waals surface area contributed by atoms with Crippen LogP contribution in [0.2, 0.25) is 0 Å². The summed E-state index contributed by atoms with van der Waals surface area (Å²) in [5.41, 5.74) is -0.853. The molecule has 1 aliphatic heterocycles. The lowest BCUT2D eigenvalue weighted by Gasteiger charge is -2.38. The van der Waals surface area contributed by atoms with Crippen LogP contribution in [0.25, 0.3) is 0 Å². The Morgan fingerprint density at radius 1 is 1.53 bits per heavy atom. The Kier molecular flexibility index (Phi) is 4.20. The molecule has 2 aliphatic rings. The maximum atomic E-state index is 14.1. The average Bonchev–Trinajstić information content (AvgIpc) is 2.32. The Morgan fingerprint density at radius 2 is 2.26 bits per heavy atom. The molecule has 1 N–H and O–H groups in total. The molecule has 0 bridgehead atoms. The highest BCUT2D eigenvalue weighted by molar-refractivity contribution is 5.30. The van der Waals surface area contributed by atoms with Crippen LogP contribution in [-0.2, 0) is 4.74 Å². The van der Waals surface area contributed by atoms with E-state index in [-0.39, 0.29) is 0 Å². The van der Waals surface area contributed by atoms with Gasteiger partial charge in [-0.25, -0.2) is 4.39 Å². The van der Waals surface area contributed by atoms with Gasteiger partial charge >= 0.3 is 6.61 Å². The van der Waals surface area contributed by atoms with Gasteiger partial charge in [-0.05, 0) is 32.1 Å². The first kappa shape index (κ1) is 14.4. The largest absolute Gasteiger partial charge is 0.369 e. The molecule has 1 saturated heterocycles. The summed E-state index contributed by atoms with van der Waals surface area (Å²) < 4.78 is 43.0. The molecule has 1 heterocycles. The monoisotopic (exact) mass is 276 g/mol. The molecule has 3 nitrogen and oxygen atoms in total. The summed E-state index contributed by atoms with van der Waals surface area (Å²) in [5, 5.41) is 3.29. The maximum Gasteiger partial charge on any atom is 0.346 e. The molecule has 0 aromatic carbocycles. The molecule has 2 rings (SSSR count). The molecule has 19 heavy (non-hydrogen) atoms.